The van der Waals surface area contributed by atoms with Crippen LogP contribution in [0.3, 0.4) is 0 Å². The highest BCUT2D eigenvalue weighted by Gasteiger charge is 2.24. The van der Waals surface area contributed by atoms with Crippen LogP contribution in [0, 0.1) is 10.1 Å². The first kappa shape index (κ1) is 22.9. The Balaban J connectivity index is 1.54. The molecule has 0 radical (unpaired) electrons. The van der Waals surface area contributed by atoms with Gasteiger partial charge in [-0.15, -0.1) is 16.9 Å². The smallest absolute Gasteiger partial charge is 0.293 e. The third-order valence-corrected chi connectivity index (χ3v) is 5.62. The van der Waals surface area contributed by atoms with Crippen molar-refractivity contribution in [1.29, 1.82) is 0 Å². The number of nitrogens with one attached hydrogen (secondary N) is 1. The highest BCUT2D eigenvalue weighted by molar-refractivity contribution is 7.98. The van der Waals surface area contributed by atoms with Crippen LogP contribution in [0.2, 0.25) is 5.02 Å². The number of benzene rings is 2. The Morgan fingerprint density at radius 2 is 1.97 bits per heavy atom. The molecule has 34 heavy (non-hydrogen) atoms. The van der Waals surface area contributed by atoms with Gasteiger partial charge in [0.1, 0.15) is 0 Å². The molecule has 0 saturated carbocycles. The van der Waals surface area contributed by atoms with E-state index < -0.39 is 10.8 Å². The molecule has 4 aromatic rings. The van der Waals surface area contributed by atoms with E-state index in [1.54, 1.807) is 12.1 Å². The van der Waals surface area contributed by atoms with Crippen molar-refractivity contribution >= 4 is 47.0 Å². The molecule has 0 unspecified atom stereocenters. The molecule has 2 aromatic heterocycles. The number of nitrogens with zero attached hydrogens (tertiary/aromatic N) is 7. The Hall–Kier alpha value is -4.30. The molecule has 0 aliphatic heterocycles. The molecule has 1 amide bonds. The number of hydrazone groups is 1. The number of nitrogen functional groups attached to an aromatic ring is 1. The van der Waals surface area contributed by atoms with Crippen molar-refractivity contribution in [2.24, 2.45) is 5.10 Å². The number of nitro benzene ring substituents is 1. The number of rotatable bonds is 8. The monoisotopic (exact) mass is 499 g/mol. The number of nitrogens with two attached hydrogens (primary N) is 1. The van der Waals surface area contributed by atoms with Crippen molar-refractivity contribution in [3.05, 3.63) is 80.6 Å². The number of carbonyl (C=O) groups is 1. The lowest BCUT2D eigenvalue weighted by Crippen LogP contribution is -2.20. The maximum absolute atomic E-state index is 12.8. The summed E-state index contributed by atoms with van der Waals surface area (Å²) in [4.78, 5) is 23.9. The second-order valence-electron chi connectivity index (χ2n) is 6.56. The summed E-state index contributed by atoms with van der Waals surface area (Å²) in [5.74, 6) is -0.292. The predicted molar refractivity (Wildman–Crippen MR) is 123 cm³/mol. The highest BCUT2D eigenvalue weighted by atomic mass is 35.5. The fraction of sp³-hybridized carbons (Fsp3) is 0.0526. The zero-order chi connectivity index (χ0) is 24.1. The van der Waals surface area contributed by atoms with Crippen LogP contribution in [0.15, 0.2) is 63.2 Å². The molecular weight excluding hydrogens is 486 g/mol. The van der Waals surface area contributed by atoms with Crippen LogP contribution in [-0.2, 0) is 5.75 Å². The van der Waals surface area contributed by atoms with Gasteiger partial charge in [-0.05, 0) is 52.3 Å². The van der Waals surface area contributed by atoms with E-state index in [1.165, 1.54) is 46.9 Å². The third kappa shape index (κ3) is 5.19. The molecule has 15 heteroatoms. The van der Waals surface area contributed by atoms with E-state index in [0.717, 1.165) is 4.90 Å². The lowest BCUT2D eigenvalue weighted by molar-refractivity contribution is -0.384. The summed E-state index contributed by atoms with van der Waals surface area (Å²) in [6.07, 6.45) is 1.34. The molecule has 13 nitrogen and oxygen atoms in total. The maximum Gasteiger partial charge on any atom is 0.293 e. The van der Waals surface area contributed by atoms with Crippen LogP contribution >= 0.6 is 23.4 Å². The van der Waals surface area contributed by atoms with Crippen LogP contribution in [0.5, 0.6) is 0 Å². The van der Waals surface area contributed by atoms with Crippen molar-refractivity contribution in [3.63, 3.8) is 0 Å². The highest BCUT2D eigenvalue weighted by Crippen LogP contribution is 2.27. The van der Waals surface area contributed by atoms with E-state index in [-0.39, 0.29) is 28.8 Å². The van der Waals surface area contributed by atoms with Crippen molar-refractivity contribution in [3.8, 4) is 5.82 Å². The van der Waals surface area contributed by atoms with Crippen LogP contribution in [0.4, 0.5) is 11.5 Å². The van der Waals surface area contributed by atoms with Crippen molar-refractivity contribution < 1.29 is 14.3 Å². The van der Waals surface area contributed by atoms with E-state index in [4.69, 9.17) is 17.3 Å². The maximum atomic E-state index is 12.8. The number of hydrogen-bond donors (Lipinski definition) is 2. The first-order valence-electron chi connectivity index (χ1n) is 9.41. The number of hydrogen-bond acceptors (Lipinski definition) is 11. The zero-order valence-corrected chi connectivity index (χ0v) is 18.6. The first-order chi connectivity index (χ1) is 16.4. The lowest BCUT2D eigenvalue weighted by atomic mass is 10.2. The van der Waals surface area contributed by atoms with Gasteiger partial charge >= 0.3 is 0 Å². The molecular formula is C19H14ClN9O4S. The van der Waals surface area contributed by atoms with Gasteiger partial charge in [0, 0.05) is 27.8 Å². The van der Waals surface area contributed by atoms with Crippen molar-refractivity contribution in [2.75, 3.05) is 5.73 Å². The SMILES string of the molecule is Nc1nonc1-n1nnc(C(=O)N/N=C/c2ccc([N+](=O)[O-])cc2)c1CSc1ccc(Cl)cc1. The molecule has 2 heterocycles. The Bertz CT molecular complexity index is 1350. The molecule has 3 N–H and O–H groups in total. The Kier molecular flexibility index (Phi) is 6.79. The number of anilines is 1. The molecule has 0 fully saturated rings. The summed E-state index contributed by atoms with van der Waals surface area (Å²) < 4.78 is 5.90. The van der Waals surface area contributed by atoms with E-state index >= 15 is 0 Å². The van der Waals surface area contributed by atoms with Crippen molar-refractivity contribution in [1.82, 2.24) is 30.7 Å². The summed E-state index contributed by atoms with van der Waals surface area (Å²) in [5, 5.41) is 30.4. The number of nitro groups is 1. The molecule has 0 spiro atoms. The molecule has 0 aliphatic carbocycles. The molecule has 0 aliphatic rings. The first-order valence-corrected chi connectivity index (χ1v) is 10.8. The molecule has 172 valence electrons. The Labute approximate surface area is 200 Å². The number of non-ortho nitro benzene ring substituents is 1. The van der Waals surface area contributed by atoms with Gasteiger partial charge in [0.15, 0.2) is 5.69 Å². The van der Waals surface area contributed by atoms with Crippen LogP contribution < -0.4 is 11.2 Å². The summed E-state index contributed by atoms with van der Waals surface area (Å²) in [5.41, 5.74) is 9.02. The summed E-state index contributed by atoms with van der Waals surface area (Å²) in [6.45, 7) is 0. The van der Waals surface area contributed by atoms with Crippen LogP contribution in [0.1, 0.15) is 21.7 Å². The summed E-state index contributed by atoms with van der Waals surface area (Å²) >= 11 is 7.34. The van der Waals surface area contributed by atoms with E-state index in [2.05, 4.69) is 35.8 Å². The van der Waals surface area contributed by atoms with Crippen molar-refractivity contribution in [2.45, 2.75) is 10.6 Å². The average molecular weight is 500 g/mol. The number of amides is 1. The van der Waals surface area contributed by atoms with Gasteiger partial charge in [0.25, 0.3) is 11.6 Å². The largest absolute Gasteiger partial charge is 0.378 e. The number of thioether (sulfide) groups is 1. The minimum absolute atomic E-state index is 0.00952. The molecule has 0 saturated heterocycles. The Morgan fingerprint density at radius 1 is 1.24 bits per heavy atom. The standard InChI is InChI=1S/C19H14ClN9O4S/c20-12-3-7-14(8-4-12)34-10-15-16(23-27-28(15)18-17(21)25-33-26-18)19(30)24-22-9-11-1-5-13(6-2-11)29(31)32/h1-9H,10H2,(H2,21,25)(H,24,30)/b22-9+. The molecule has 0 bridgehead atoms. The second-order valence-corrected chi connectivity index (χ2v) is 8.05. The normalized spacial score (nSPS) is 11.1. The van der Waals surface area contributed by atoms with Crippen LogP contribution in [-0.4, -0.2) is 42.4 Å². The number of carbonyl (C=O) groups excluding carboxylic acids is 1. The molecule has 2 aromatic carbocycles. The van der Waals surface area contributed by atoms with Crippen LogP contribution in [0.25, 0.3) is 5.82 Å². The lowest BCUT2D eigenvalue weighted by Gasteiger charge is -2.06. The summed E-state index contributed by atoms with van der Waals surface area (Å²) in [6, 6.07) is 12.8. The Morgan fingerprint density at radius 3 is 2.62 bits per heavy atom. The van der Waals surface area contributed by atoms with E-state index in [1.807, 2.05) is 12.1 Å². The number of halogens is 1. The quantitative estimate of drug-likeness (QED) is 0.158. The van der Waals surface area contributed by atoms with Gasteiger partial charge in [0.2, 0.25) is 11.6 Å². The average Bonchev–Trinajstić information content (AvgIpc) is 3.44. The van der Waals surface area contributed by atoms with E-state index in [0.29, 0.717) is 16.3 Å². The predicted octanol–water partition coefficient (Wildman–Crippen LogP) is 2.85. The van der Waals surface area contributed by atoms with E-state index in [9.17, 15) is 14.9 Å². The van der Waals surface area contributed by atoms with Gasteiger partial charge in [0.05, 0.1) is 16.8 Å². The van der Waals surface area contributed by atoms with Gasteiger partial charge in [-0.1, -0.05) is 16.8 Å². The molecule has 0 atom stereocenters. The zero-order valence-electron chi connectivity index (χ0n) is 17.0. The fourth-order valence-corrected chi connectivity index (χ4v) is 3.72. The summed E-state index contributed by atoms with van der Waals surface area (Å²) in [7, 11) is 0. The topological polar surface area (TPSA) is 180 Å². The third-order valence-electron chi connectivity index (χ3n) is 4.35. The van der Waals surface area contributed by atoms with Gasteiger partial charge in [-0.25, -0.2) is 10.1 Å². The minimum atomic E-state index is -0.633. The van der Waals surface area contributed by atoms with Gasteiger partial charge < -0.3 is 5.73 Å². The second kappa shape index (κ2) is 10.1. The fourth-order valence-electron chi connectivity index (χ4n) is 2.70. The molecule has 4 rings (SSSR count). The van der Waals surface area contributed by atoms with Gasteiger partial charge in [-0.2, -0.15) is 9.78 Å². The minimum Gasteiger partial charge on any atom is -0.378 e. The number of aromatic nitrogens is 5. The van der Waals surface area contributed by atoms with Gasteiger partial charge in [-0.3, -0.25) is 14.9 Å².